The molecule has 1 saturated carbocycles. The lowest BCUT2D eigenvalue weighted by atomic mass is 9.94. The number of nitrogens with one attached hydrogen (secondary N) is 1. The van der Waals surface area contributed by atoms with Gasteiger partial charge in [0.25, 0.3) is 5.69 Å². The predicted octanol–water partition coefficient (Wildman–Crippen LogP) is 2.50. The van der Waals surface area contributed by atoms with Crippen LogP contribution < -0.4 is 11.1 Å². The summed E-state index contributed by atoms with van der Waals surface area (Å²) in [7, 11) is 0. The highest BCUT2D eigenvalue weighted by Crippen LogP contribution is 2.30. The number of nitro benzene ring substituents is 1. The lowest BCUT2D eigenvalue weighted by molar-refractivity contribution is -0.384. The van der Waals surface area contributed by atoms with E-state index in [4.69, 9.17) is 5.73 Å². The maximum Gasteiger partial charge on any atom is 0.271 e. The summed E-state index contributed by atoms with van der Waals surface area (Å²) in [6, 6.07) is 4.43. The second-order valence-corrected chi connectivity index (χ2v) is 5.55. The molecular weight excluding hydrogens is 258 g/mol. The number of carbonyl (C=O) groups is 1. The maximum atomic E-state index is 12.0. The van der Waals surface area contributed by atoms with Crippen molar-refractivity contribution in [3.8, 4) is 0 Å². The van der Waals surface area contributed by atoms with Gasteiger partial charge in [-0.1, -0.05) is 18.9 Å². The average molecular weight is 277 g/mol. The fourth-order valence-electron chi connectivity index (χ4n) is 2.63. The number of aryl methyl sites for hydroxylation is 1. The Morgan fingerprint density at radius 1 is 1.45 bits per heavy atom. The first-order valence-electron chi connectivity index (χ1n) is 6.73. The molecule has 0 aromatic heterocycles. The standard InChI is InChI=1S/C14H19N3O3/c1-10-4-5-11(17(19)20)8-12(10)16-13(18)9-14(15)6-2-3-7-14/h4-5,8H,2-3,6-7,9,15H2,1H3,(H,16,18). The number of non-ortho nitro benzene ring substituents is 1. The lowest BCUT2D eigenvalue weighted by Crippen LogP contribution is -2.40. The number of nitrogens with two attached hydrogens (primary N) is 1. The van der Waals surface area contributed by atoms with Crippen molar-refractivity contribution in [2.24, 2.45) is 5.73 Å². The van der Waals surface area contributed by atoms with Crippen molar-refractivity contribution in [1.82, 2.24) is 0 Å². The molecule has 1 fully saturated rings. The Morgan fingerprint density at radius 3 is 2.70 bits per heavy atom. The van der Waals surface area contributed by atoms with Gasteiger partial charge in [-0.3, -0.25) is 14.9 Å². The highest BCUT2D eigenvalue weighted by atomic mass is 16.6. The van der Waals surface area contributed by atoms with Gasteiger partial charge in [0.15, 0.2) is 0 Å². The number of rotatable bonds is 4. The molecule has 1 aliphatic carbocycles. The molecule has 1 aliphatic rings. The number of hydrogen-bond donors (Lipinski definition) is 2. The summed E-state index contributed by atoms with van der Waals surface area (Å²) in [5, 5.41) is 13.5. The van der Waals surface area contributed by atoms with Crippen molar-refractivity contribution in [3.63, 3.8) is 0 Å². The van der Waals surface area contributed by atoms with E-state index in [1.54, 1.807) is 13.0 Å². The minimum absolute atomic E-state index is 0.0331. The van der Waals surface area contributed by atoms with Gasteiger partial charge in [-0.05, 0) is 25.3 Å². The summed E-state index contributed by atoms with van der Waals surface area (Å²) in [6.07, 6.45) is 4.08. The number of hydrogen-bond acceptors (Lipinski definition) is 4. The highest BCUT2D eigenvalue weighted by Gasteiger charge is 2.31. The topological polar surface area (TPSA) is 98.3 Å². The van der Waals surface area contributed by atoms with Crippen LogP contribution in [-0.2, 0) is 4.79 Å². The van der Waals surface area contributed by atoms with Crippen molar-refractivity contribution in [2.45, 2.75) is 44.6 Å². The fraction of sp³-hybridized carbons (Fsp3) is 0.500. The first kappa shape index (κ1) is 14.5. The van der Waals surface area contributed by atoms with E-state index in [1.165, 1.54) is 12.1 Å². The summed E-state index contributed by atoms with van der Waals surface area (Å²) in [6.45, 7) is 1.80. The summed E-state index contributed by atoms with van der Waals surface area (Å²) in [5.74, 6) is -0.182. The third kappa shape index (κ3) is 3.33. The molecule has 0 bridgehead atoms. The van der Waals surface area contributed by atoms with E-state index in [2.05, 4.69) is 5.32 Å². The Kier molecular flexibility index (Phi) is 4.04. The number of nitro groups is 1. The number of amides is 1. The molecule has 3 N–H and O–H groups in total. The fourth-order valence-corrected chi connectivity index (χ4v) is 2.63. The van der Waals surface area contributed by atoms with E-state index < -0.39 is 10.5 Å². The molecule has 20 heavy (non-hydrogen) atoms. The SMILES string of the molecule is Cc1ccc([N+](=O)[O-])cc1NC(=O)CC1(N)CCCC1. The van der Waals surface area contributed by atoms with Crippen LogP contribution in [-0.4, -0.2) is 16.4 Å². The van der Waals surface area contributed by atoms with Crippen LogP contribution in [0.1, 0.15) is 37.7 Å². The molecule has 6 nitrogen and oxygen atoms in total. The van der Waals surface area contributed by atoms with E-state index in [0.717, 1.165) is 31.2 Å². The normalized spacial score (nSPS) is 16.9. The van der Waals surface area contributed by atoms with Gasteiger partial charge in [0.05, 0.1) is 10.6 Å². The van der Waals surface area contributed by atoms with Crippen LogP contribution in [0.5, 0.6) is 0 Å². The Labute approximate surface area is 117 Å². The van der Waals surface area contributed by atoms with E-state index in [1.807, 2.05) is 0 Å². The monoisotopic (exact) mass is 277 g/mol. The van der Waals surface area contributed by atoms with Gasteiger partial charge in [-0.25, -0.2) is 0 Å². The molecule has 1 amide bonds. The van der Waals surface area contributed by atoms with E-state index in [0.29, 0.717) is 5.69 Å². The van der Waals surface area contributed by atoms with E-state index in [-0.39, 0.29) is 18.0 Å². The number of benzene rings is 1. The van der Waals surface area contributed by atoms with Crippen LogP contribution in [0.4, 0.5) is 11.4 Å². The van der Waals surface area contributed by atoms with Crippen LogP contribution in [0.15, 0.2) is 18.2 Å². The van der Waals surface area contributed by atoms with Crippen molar-refractivity contribution >= 4 is 17.3 Å². The molecule has 0 atom stereocenters. The molecule has 1 aromatic rings. The van der Waals surface area contributed by atoms with Crippen molar-refractivity contribution in [2.75, 3.05) is 5.32 Å². The lowest BCUT2D eigenvalue weighted by Gasteiger charge is -2.22. The van der Waals surface area contributed by atoms with Crippen LogP contribution in [0.25, 0.3) is 0 Å². The van der Waals surface area contributed by atoms with Crippen LogP contribution in [0.3, 0.4) is 0 Å². The Bertz CT molecular complexity index is 536. The molecule has 0 heterocycles. The van der Waals surface area contributed by atoms with Gasteiger partial charge in [0, 0.05) is 24.1 Å². The quantitative estimate of drug-likeness (QED) is 0.652. The Morgan fingerprint density at radius 2 is 2.10 bits per heavy atom. The molecule has 108 valence electrons. The molecule has 0 spiro atoms. The smallest absolute Gasteiger partial charge is 0.271 e. The summed E-state index contributed by atoms with van der Waals surface area (Å²) >= 11 is 0. The first-order valence-corrected chi connectivity index (χ1v) is 6.73. The number of nitrogens with zero attached hydrogens (tertiary/aromatic N) is 1. The molecule has 0 unspecified atom stereocenters. The third-order valence-electron chi connectivity index (χ3n) is 3.82. The van der Waals surface area contributed by atoms with Crippen LogP contribution in [0.2, 0.25) is 0 Å². The number of anilines is 1. The zero-order chi connectivity index (χ0) is 14.8. The van der Waals surface area contributed by atoms with Gasteiger partial charge in [-0.15, -0.1) is 0 Å². The molecule has 0 aliphatic heterocycles. The van der Waals surface area contributed by atoms with Crippen molar-refractivity contribution < 1.29 is 9.72 Å². The maximum absolute atomic E-state index is 12.0. The zero-order valence-electron chi connectivity index (χ0n) is 11.5. The van der Waals surface area contributed by atoms with Gasteiger partial charge < -0.3 is 11.1 Å². The van der Waals surface area contributed by atoms with Crippen LogP contribution >= 0.6 is 0 Å². The van der Waals surface area contributed by atoms with Gasteiger partial charge in [0.1, 0.15) is 0 Å². The second-order valence-electron chi connectivity index (χ2n) is 5.55. The van der Waals surface area contributed by atoms with Gasteiger partial charge in [0.2, 0.25) is 5.91 Å². The van der Waals surface area contributed by atoms with E-state index >= 15 is 0 Å². The van der Waals surface area contributed by atoms with Crippen LogP contribution in [0, 0.1) is 17.0 Å². The largest absolute Gasteiger partial charge is 0.326 e. The minimum Gasteiger partial charge on any atom is -0.326 e. The molecule has 2 rings (SSSR count). The third-order valence-corrected chi connectivity index (χ3v) is 3.82. The predicted molar refractivity (Wildman–Crippen MR) is 76.5 cm³/mol. The second kappa shape index (κ2) is 5.58. The first-order chi connectivity index (χ1) is 9.39. The van der Waals surface area contributed by atoms with Gasteiger partial charge >= 0.3 is 0 Å². The highest BCUT2D eigenvalue weighted by molar-refractivity contribution is 5.92. The molecular formula is C14H19N3O3. The summed E-state index contributed by atoms with van der Waals surface area (Å²) in [4.78, 5) is 22.3. The number of carbonyl (C=O) groups excluding carboxylic acids is 1. The van der Waals surface area contributed by atoms with Gasteiger partial charge in [-0.2, -0.15) is 0 Å². The average Bonchev–Trinajstić information content (AvgIpc) is 2.78. The van der Waals surface area contributed by atoms with Crippen molar-refractivity contribution in [3.05, 3.63) is 33.9 Å². The molecule has 0 radical (unpaired) electrons. The molecule has 1 aromatic carbocycles. The van der Waals surface area contributed by atoms with E-state index in [9.17, 15) is 14.9 Å². The minimum atomic E-state index is -0.476. The zero-order valence-corrected chi connectivity index (χ0v) is 11.5. The summed E-state index contributed by atoms with van der Waals surface area (Å²) in [5.41, 5.74) is 6.98. The van der Waals surface area contributed by atoms with Crippen molar-refractivity contribution in [1.29, 1.82) is 0 Å². The summed E-state index contributed by atoms with van der Waals surface area (Å²) < 4.78 is 0. The molecule has 0 saturated heterocycles. The Hall–Kier alpha value is -1.95. The Balaban J connectivity index is 2.07. The molecule has 6 heteroatoms.